The number of fused-ring (bicyclic) bond motifs is 1. The number of oxazole rings is 1. The molecule has 0 bridgehead atoms. The molecule has 2 aromatic rings. The molecular weight excluding hydrogens is 254 g/mol. The van der Waals surface area contributed by atoms with Crippen LogP contribution in [0.1, 0.15) is 0 Å². The Balaban J connectivity index is 0.000000141. The van der Waals surface area contributed by atoms with Crippen molar-refractivity contribution >= 4 is 23.1 Å². The van der Waals surface area contributed by atoms with E-state index in [4.69, 9.17) is 10.2 Å². The maximum absolute atomic E-state index is 10.6. The summed E-state index contributed by atoms with van der Waals surface area (Å²) in [5.74, 6) is -1.02. The lowest BCUT2D eigenvalue weighted by Gasteiger charge is -1.98. The van der Waals surface area contributed by atoms with E-state index in [1.165, 1.54) is 0 Å². The highest BCUT2D eigenvalue weighted by Gasteiger charge is 2.26. The van der Waals surface area contributed by atoms with Gasteiger partial charge in [0, 0.05) is 0 Å². The van der Waals surface area contributed by atoms with Crippen molar-refractivity contribution in [3.63, 3.8) is 0 Å². The third kappa shape index (κ3) is 3.12. The summed E-state index contributed by atoms with van der Waals surface area (Å²) in [4.78, 5) is 33.6. The van der Waals surface area contributed by atoms with E-state index in [2.05, 4.69) is 15.0 Å². The van der Waals surface area contributed by atoms with E-state index in [1.54, 1.807) is 12.1 Å². The van der Waals surface area contributed by atoms with Gasteiger partial charge >= 0.3 is 11.8 Å². The van der Waals surface area contributed by atoms with Gasteiger partial charge in [-0.2, -0.15) is 0 Å². The summed E-state index contributed by atoms with van der Waals surface area (Å²) in [6, 6.07) is 7.19. The maximum atomic E-state index is 10.6. The van der Waals surface area contributed by atoms with E-state index in [1.807, 2.05) is 12.1 Å². The first-order chi connectivity index (χ1) is 9.06. The number of hydrogen-bond donors (Lipinski definition) is 3. The zero-order valence-corrected chi connectivity index (χ0v) is 9.71. The summed E-state index contributed by atoms with van der Waals surface area (Å²) in [6.45, 7) is 0.189. The number of rotatable bonds is 1. The first-order valence-corrected chi connectivity index (χ1v) is 5.38. The molecule has 2 amide bonds. The van der Waals surface area contributed by atoms with Crippen molar-refractivity contribution in [3.05, 3.63) is 34.8 Å². The highest BCUT2D eigenvalue weighted by molar-refractivity contribution is 5.84. The van der Waals surface area contributed by atoms with Gasteiger partial charge in [0.15, 0.2) is 11.7 Å². The van der Waals surface area contributed by atoms with Crippen LogP contribution < -0.4 is 16.8 Å². The van der Waals surface area contributed by atoms with Crippen LogP contribution in [0.3, 0.4) is 0 Å². The number of carbonyl (C=O) groups excluding carboxylic acids is 2. The quantitative estimate of drug-likeness (QED) is 0.652. The predicted molar refractivity (Wildman–Crippen MR) is 64.3 cm³/mol. The third-order valence-electron chi connectivity index (χ3n) is 2.32. The number of benzene rings is 1. The number of hydrogen-bond acceptors (Lipinski definition) is 5. The normalized spacial score (nSPS) is 17.3. The van der Waals surface area contributed by atoms with E-state index in [0.29, 0.717) is 5.58 Å². The van der Waals surface area contributed by atoms with Crippen molar-refractivity contribution in [2.24, 2.45) is 5.73 Å². The number of carbonyl (C=O) groups is 2. The number of ether oxygens (including phenoxy) is 1. The van der Waals surface area contributed by atoms with Crippen molar-refractivity contribution in [2.75, 3.05) is 6.54 Å². The van der Waals surface area contributed by atoms with Gasteiger partial charge in [0.25, 0.3) is 5.91 Å². The van der Waals surface area contributed by atoms with E-state index in [9.17, 15) is 14.4 Å². The number of para-hydroxylation sites is 2. The molecule has 1 aromatic heterocycles. The second kappa shape index (κ2) is 5.25. The number of primary amides is 1. The Morgan fingerprint density at radius 3 is 2.58 bits per heavy atom. The Morgan fingerprint density at radius 1 is 1.32 bits per heavy atom. The van der Waals surface area contributed by atoms with Crippen LogP contribution in [-0.2, 0) is 9.53 Å². The van der Waals surface area contributed by atoms with Crippen LogP contribution in [0.4, 0.5) is 4.79 Å². The molecule has 1 saturated heterocycles. The molecular formula is C11H11N3O5. The molecule has 1 fully saturated rings. The van der Waals surface area contributed by atoms with Crippen molar-refractivity contribution in [1.29, 1.82) is 0 Å². The van der Waals surface area contributed by atoms with Crippen molar-refractivity contribution in [3.8, 4) is 0 Å². The van der Waals surface area contributed by atoms with Crippen LogP contribution in [0.2, 0.25) is 0 Å². The van der Waals surface area contributed by atoms with Crippen molar-refractivity contribution < 1.29 is 18.7 Å². The highest BCUT2D eigenvalue weighted by atomic mass is 16.6. The number of cyclic esters (lactones) is 1. The second-order valence-electron chi connectivity index (χ2n) is 3.69. The molecule has 1 aromatic carbocycles. The summed E-state index contributed by atoms with van der Waals surface area (Å²) in [5, 5.41) is 2.29. The van der Waals surface area contributed by atoms with E-state index in [0.717, 1.165) is 5.52 Å². The zero-order chi connectivity index (χ0) is 13.8. The van der Waals surface area contributed by atoms with E-state index >= 15 is 0 Å². The summed E-state index contributed by atoms with van der Waals surface area (Å²) < 4.78 is 9.15. The number of aromatic nitrogens is 1. The van der Waals surface area contributed by atoms with Gasteiger partial charge in [-0.05, 0) is 12.1 Å². The van der Waals surface area contributed by atoms with Crippen LogP contribution in [-0.4, -0.2) is 29.6 Å². The SMILES string of the molecule is NC(=O)C1CNC(=O)O1.O=c1[nH]c2ccccc2o1. The first kappa shape index (κ1) is 12.7. The fourth-order valence-corrected chi connectivity index (χ4v) is 1.44. The molecule has 1 atom stereocenters. The summed E-state index contributed by atoms with van der Waals surface area (Å²) in [5.41, 5.74) is 6.15. The van der Waals surface area contributed by atoms with Gasteiger partial charge in [0.05, 0.1) is 12.1 Å². The molecule has 8 nitrogen and oxygen atoms in total. The van der Waals surface area contributed by atoms with Gasteiger partial charge in [0.2, 0.25) is 0 Å². The largest absolute Gasteiger partial charge is 0.434 e. The van der Waals surface area contributed by atoms with Gasteiger partial charge in [-0.1, -0.05) is 12.1 Å². The summed E-state index contributed by atoms with van der Waals surface area (Å²) in [7, 11) is 0. The fourth-order valence-electron chi connectivity index (χ4n) is 1.44. The Kier molecular flexibility index (Phi) is 3.51. The molecule has 0 aliphatic carbocycles. The lowest BCUT2D eigenvalue weighted by Crippen LogP contribution is -2.31. The van der Waals surface area contributed by atoms with Gasteiger partial charge < -0.3 is 20.2 Å². The molecule has 1 aliphatic rings. The molecule has 19 heavy (non-hydrogen) atoms. The molecule has 0 saturated carbocycles. The van der Waals surface area contributed by atoms with Gasteiger partial charge in [-0.3, -0.25) is 9.78 Å². The van der Waals surface area contributed by atoms with E-state index < -0.39 is 23.9 Å². The Labute approximate surface area is 106 Å². The minimum atomic E-state index is -0.780. The minimum Gasteiger partial charge on any atom is -0.434 e. The minimum absolute atomic E-state index is 0.189. The lowest BCUT2D eigenvalue weighted by atomic mass is 10.3. The third-order valence-corrected chi connectivity index (χ3v) is 2.32. The van der Waals surface area contributed by atoms with Gasteiger partial charge in [0.1, 0.15) is 0 Å². The standard InChI is InChI=1S/C7H5NO2.C4H6N2O3/c9-7-8-5-3-1-2-4-6(5)10-7;5-3(7)2-1-6-4(8)9-2/h1-4H,(H,8,9);2H,1H2,(H2,5,7)(H,6,8). The average Bonchev–Trinajstić information content (AvgIpc) is 2.94. The summed E-state index contributed by atoms with van der Waals surface area (Å²) >= 11 is 0. The van der Waals surface area contributed by atoms with Gasteiger partial charge in [-0.15, -0.1) is 0 Å². The molecule has 4 N–H and O–H groups in total. The molecule has 0 spiro atoms. The number of nitrogens with two attached hydrogens (primary N) is 1. The number of alkyl carbamates (subject to hydrolysis) is 1. The molecule has 100 valence electrons. The Bertz CT molecular complexity index is 623. The smallest absolute Gasteiger partial charge is 0.417 e. The molecule has 1 unspecified atom stereocenters. The number of nitrogens with one attached hydrogen (secondary N) is 2. The number of amides is 2. The van der Waals surface area contributed by atoms with Crippen molar-refractivity contribution in [2.45, 2.75) is 6.10 Å². The highest BCUT2D eigenvalue weighted by Crippen LogP contribution is 2.06. The van der Waals surface area contributed by atoms with Gasteiger partial charge in [-0.25, -0.2) is 9.59 Å². The topological polar surface area (TPSA) is 127 Å². The average molecular weight is 265 g/mol. The maximum Gasteiger partial charge on any atom is 0.417 e. The molecule has 8 heteroatoms. The second-order valence-corrected chi connectivity index (χ2v) is 3.69. The predicted octanol–water partition coefficient (Wildman–Crippen LogP) is -0.299. The lowest BCUT2D eigenvalue weighted by molar-refractivity contribution is -0.124. The van der Waals surface area contributed by atoms with Crippen LogP contribution in [0.25, 0.3) is 11.1 Å². The first-order valence-electron chi connectivity index (χ1n) is 5.38. The Morgan fingerprint density at radius 2 is 2.05 bits per heavy atom. The van der Waals surface area contributed by atoms with Crippen LogP contribution in [0.15, 0.2) is 33.5 Å². The molecule has 0 radical (unpaired) electrons. The number of aromatic amines is 1. The van der Waals surface area contributed by atoms with Crippen LogP contribution in [0.5, 0.6) is 0 Å². The summed E-state index contributed by atoms with van der Waals surface area (Å²) in [6.07, 6.45) is -1.36. The molecule has 2 heterocycles. The molecule has 1 aliphatic heterocycles. The zero-order valence-electron chi connectivity index (χ0n) is 9.71. The van der Waals surface area contributed by atoms with E-state index in [-0.39, 0.29) is 6.54 Å². The van der Waals surface area contributed by atoms with Crippen LogP contribution >= 0.6 is 0 Å². The van der Waals surface area contributed by atoms with Crippen LogP contribution in [0, 0.1) is 0 Å². The fraction of sp³-hybridized carbons (Fsp3) is 0.182. The monoisotopic (exact) mass is 265 g/mol. The Hall–Kier alpha value is -2.77. The number of H-pyrrole nitrogens is 1. The molecule has 3 rings (SSSR count). The van der Waals surface area contributed by atoms with Crippen molar-refractivity contribution in [1.82, 2.24) is 10.3 Å².